The molecule has 1 amide bonds. The highest BCUT2D eigenvalue weighted by Gasteiger charge is 2.20. The standard InChI is InChI=1S/C28H30N4O5/c1-31-8-9-36-23(16-31)17-37-28(35)30-22-11-19-4-2-3-5-24(19)21(12-22)15-32-25-10-18(14-29)6-7-20(25)13-26(32)27(33)34/h2-7,10-13,23H,8-9,14-17,29H2,1H3,(H,30,35)(H,33,34)/t23-/m1/s1. The number of nitrogens with one attached hydrogen (secondary N) is 1. The van der Waals surface area contributed by atoms with Crippen molar-refractivity contribution in [3.63, 3.8) is 0 Å². The van der Waals surface area contributed by atoms with Crippen LogP contribution >= 0.6 is 0 Å². The molecule has 1 aromatic heterocycles. The molecule has 9 nitrogen and oxygen atoms in total. The number of amides is 1. The van der Waals surface area contributed by atoms with E-state index in [-0.39, 0.29) is 18.4 Å². The molecular formula is C28H30N4O5. The van der Waals surface area contributed by atoms with Crippen molar-refractivity contribution in [3.05, 3.63) is 77.5 Å². The first kappa shape index (κ1) is 24.8. The lowest BCUT2D eigenvalue weighted by atomic mass is 10.0. The van der Waals surface area contributed by atoms with Crippen LogP contribution < -0.4 is 11.1 Å². The summed E-state index contributed by atoms with van der Waals surface area (Å²) in [7, 11) is 2.01. The minimum absolute atomic E-state index is 0.161. The van der Waals surface area contributed by atoms with Crippen LogP contribution in [0.4, 0.5) is 10.5 Å². The monoisotopic (exact) mass is 502 g/mol. The van der Waals surface area contributed by atoms with Crippen molar-refractivity contribution < 1.29 is 24.2 Å². The van der Waals surface area contributed by atoms with Gasteiger partial charge in [-0.1, -0.05) is 36.4 Å². The van der Waals surface area contributed by atoms with Gasteiger partial charge >= 0.3 is 12.1 Å². The number of rotatable bonds is 7. The number of hydrogen-bond donors (Lipinski definition) is 3. The zero-order valence-electron chi connectivity index (χ0n) is 20.6. The van der Waals surface area contributed by atoms with E-state index in [0.29, 0.717) is 31.9 Å². The lowest BCUT2D eigenvalue weighted by Crippen LogP contribution is -2.42. The molecule has 0 aliphatic carbocycles. The van der Waals surface area contributed by atoms with Crippen molar-refractivity contribution >= 4 is 39.4 Å². The van der Waals surface area contributed by atoms with Crippen molar-refractivity contribution in [2.45, 2.75) is 19.2 Å². The number of hydrogen-bond acceptors (Lipinski definition) is 6. The third-order valence-corrected chi connectivity index (χ3v) is 6.69. The summed E-state index contributed by atoms with van der Waals surface area (Å²) in [6.07, 6.45) is -0.727. The smallest absolute Gasteiger partial charge is 0.411 e. The van der Waals surface area contributed by atoms with Crippen LogP contribution in [-0.4, -0.2) is 66.1 Å². The minimum atomic E-state index is -1.01. The molecule has 5 rings (SSSR count). The van der Waals surface area contributed by atoms with Gasteiger partial charge in [0.2, 0.25) is 0 Å². The molecular weight excluding hydrogens is 472 g/mol. The van der Waals surface area contributed by atoms with Crippen LogP contribution in [-0.2, 0) is 22.6 Å². The summed E-state index contributed by atoms with van der Waals surface area (Å²) < 4.78 is 12.9. The van der Waals surface area contributed by atoms with Gasteiger partial charge in [0.1, 0.15) is 18.4 Å². The maximum atomic E-state index is 12.6. The van der Waals surface area contributed by atoms with Gasteiger partial charge in [0.05, 0.1) is 6.61 Å². The number of nitrogens with two attached hydrogens (primary N) is 1. The molecule has 3 aromatic carbocycles. The average molecular weight is 503 g/mol. The molecule has 0 unspecified atom stereocenters. The Hall–Kier alpha value is -3.92. The molecule has 37 heavy (non-hydrogen) atoms. The molecule has 4 N–H and O–H groups in total. The third kappa shape index (κ3) is 5.43. The van der Waals surface area contributed by atoms with Crippen LogP contribution in [0.2, 0.25) is 0 Å². The van der Waals surface area contributed by atoms with Crippen LogP contribution in [0.1, 0.15) is 21.6 Å². The summed E-state index contributed by atoms with van der Waals surface area (Å²) in [5, 5.41) is 15.4. The highest BCUT2D eigenvalue weighted by molar-refractivity contribution is 5.96. The number of carboxylic acids is 1. The molecule has 0 saturated carbocycles. The Balaban J connectivity index is 1.44. The molecule has 1 atom stereocenters. The fraction of sp³-hybridized carbons (Fsp3) is 0.286. The number of anilines is 1. The molecule has 1 aliphatic heterocycles. The Labute approximate surface area is 214 Å². The maximum Gasteiger partial charge on any atom is 0.411 e. The maximum absolute atomic E-state index is 12.6. The number of fused-ring (bicyclic) bond motifs is 2. The number of nitrogens with zero attached hydrogens (tertiary/aromatic N) is 2. The molecule has 0 bridgehead atoms. The van der Waals surface area contributed by atoms with Gasteiger partial charge in [-0.3, -0.25) is 5.32 Å². The Morgan fingerprint density at radius 1 is 1.14 bits per heavy atom. The van der Waals surface area contributed by atoms with Crippen LogP contribution in [0.3, 0.4) is 0 Å². The normalized spacial score (nSPS) is 16.2. The van der Waals surface area contributed by atoms with Crippen molar-refractivity contribution in [3.8, 4) is 0 Å². The molecule has 1 fully saturated rings. The second-order valence-electron chi connectivity index (χ2n) is 9.35. The molecule has 1 aliphatic rings. The van der Waals surface area contributed by atoms with Gasteiger partial charge in [-0.15, -0.1) is 0 Å². The first-order chi connectivity index (χ1) is 17.9. The summed E-state index contributed by atoms with van der Waals surface area (Å²) >= 11 is 0. The third-order valence-electron chi connectivity index (χ3n) is 6.69. The van der Waals surface area contributed by atoms with E-state index < -0.39 is 12.1 Å². The number of benzene rings is 3. The van der Waals surface area contributed by atoms with Crippen molar-refractivity contribution in [2.75, 3.05) is 38.7 Å². The van der Waals surface area contributed by atoms with E-state index in [1.807, 2.05) is 61.6 Å². The van der Waals surface area contributed by atoms with Gasteiger partial charge < -0.3 is 29.8 Å². The zero-order chi connectivity index (χ0) is 25.9. The van der Waals surface area contributed by atoms with Crippen LogP contribution in [0, 0.1) is 0 Å². The summed E-state index contributed by atoms with van der Waals surface area (Å²) in [5.74, 6) is -1.01. The average Bonchev–Trinajstić information content (AvgIpc) is 3.25. The highest BCUT2D eigenvalue weighted by Crippen LogP contribution is 2.28. The Morgan fingerprint density at radius 2 is 1.97 bits per heavy atom. The minimum Gasteiger partial charge on any atom is -0.477 e. The largest absolute Gasteiger partial charge is 0.477 e. The number of aromatic nitrogens is 1. The summed E-state index contributed by atoms with van der Waals surface area (Å²) in [6.45, 7) is 2.99. The van der Waals surface area contributed by atoms with E-state index in [1.165, 1.54) is 0 Å². The highest BCUT2D eigenvalue weighted by atomic mass is 16.6. The number of aromatic carboxylic acids is 1. The fourth-order valence-electron chi connectivity index (χ4n) is 4.83. The SMILES string of the molecule is CN1CCO[C@@H](COC(=O)Nc2cc(Cn3c(C(=O)O)cc4ccc(CN)cc43)c3ccccc3c2)C1. The quantitative estimate of drug-likeness (QED) is 0.351. The van der Waals surface area contributed by atoms with Gasteiger partial charge in [-0.05, 0) is 53.2 Å². The van der Waals surface area contributed by atoms with Crippen LogP contribution in [0.25, 0.3) is 21.7 Å². The van der Waals surface area contributed by atoms with Crippen molar-refractivity contribution in [2.24, 2.45) is 5.73 Å². The van der Waals surface area contributed by atoms with Crippen LogP contribution in [0.5, 0.6) is 0 Å². The molecule has 0 radical (unpaired) electrons. The van der Waals surface area contributed by atoms with Crippen molar-refractivity contribution in [1.82, 2.24) is 9.47 Å². The van der Waals surface area contributed by atoms with Gasteiger partial charge in [-0.2, -0.15) is 0 Å². The lowest BCUT2D eigenvalue weighted by Gasteiger charge is -2.29. The van der Waals surface area contributed by atoms with E-state index in [0.717, 1.165) is 39.3 Å². The molecule has 9 heteroatoms. The predicted molar refractivity (Wildman–Crippen MR) is 142 cm³/mol. The van der Waals surface area contributed by atoms with E-state index in [4.69, 9.17) is 15.2 Å². The topological polar surface area (TPSA) is 119 Å². The predicted octanol–water partition coefficient (Wildman–Crippen LogP) is 3.88. The van der Waals surface area contributed by atoms with E-state index in [9.17, 15) is 14.7 Å². The number of likely N-dealkylation sites (N-methyl/N-ethyl adjacent to an activating group) is 1. The van der Waals surface area contributed by atoms with E-state index in [2.05, 4.69) is 10.2 Å². The lowest BCUT2D eigenvalue weighted by molar-refractivity contribution is -0.0470. The van der Waals surface area contributed by atoms with Gasteiger partial charge in [0.25, 0.3) is 0 Å². The zero-order valence-corrected chi connectivity index (χ0v) is 20.6. The fourth-order valence-corrected chi connectivity index (χ4v) is 4.83. The number of ether oxygens (including phenoxy) is 2. The summed E-state index contributed by atoms with van der Waals surface area (Å²) in [5.41, 5.74) is 9.16. The molecule has 1 saturated heterocycles. The van der Waals surface area contributed by atoms with Gasteiger partial charge in [-0.25, -0.2) is 9.59 Å². The summed E-state index contributed by atoms with van der Waals surface area (Å²) in [4.78, 5) is 26.8. The summed E-state index contributed by atoms with van der Waals surface area (Å²) in [6, 6.07) is 18.9. The van der Waals surface area contributed by atoms with E-state index in [1.54, 1.807) is 10.6 Å². The van der Waals surface area contributed by atoms with Crippen LogP contribution in [0.15, 0.2) is 60.7 Å². The number of carbonyl (C=O) groups excluding carboxylic acids is 1. The number of carboxylic acid groups (broad SMARTS) is 1. The second-order valence-corrected chi connectivity index (χ2v) is 9.35. The Kier molecular flexibility index (Phi) is 7.09. The van der Waals surface area contributed by atoms with Crippen molar-refractivity contribution in [1.29, 1.82) is 0 Å². The first-order valence-corrected chi connectivity index (χ1v) is 12.2. The second kappa shape index (κ2) is 10.6. The van der Waals surface area contributed by atoms with Gasteiger partial charge in [0, 0.05) is 42.8 Å². The first-order valence-electron chi connectivity index (χ1n) is 12.2. The Bertz CT molecular complexity index is 1460. The molecule has 4 aromatic rings. The number of morpholine rings is 1. The van der Waals surface area contributed by atoms with Gasteiger partial charge in [0.15, 0.2) is 0 Å². The molecule has 192 valence electrons. The Morgan fingerprint density at radius 3 is 2.76 bits per heavy atom. The molecule has 0 spiro atoms. The molecule has 2 heterocycles. The van der Waals surface area contributed by atoms with E-state index >= 15 is 0 Å². The number of carbonyl (C=O) groups is 2.